The third-order valence-electron chi connectivity index (χ3n) is 4.21. The monoisotopic (exact) mass is 194 g/mol. The van der Waals surface area contributed by atoms with Gasteiger partial charge in [0.1, 0.15) is 0 Å². The summed E-state index contributed by atoms with van der Waals surface area (Å²) in [7, 11) is 4.47. The Labute approximate surface area is 87.6 Å². The van der Waals surface area contributed by atoms with Crippen LogP contribution in [0, 0.1) is 0 Å². The molecule has 0 bridgehead atoms. The molecule has 0 aromatic heterocycles. The molecule has 14 heavy (non-hydrogen) atoms. The second-order valence-electron chi connectivity index (χ2n) is 5.01. The Morgan fingerprint density at radius 3 is 2.43 bits per heavy atom. The molecule has 0 N–H and O–H groups in total. The largest absolute Gasteiger partial charge is 0.373 e. The van der Waals surface area contributed by atoms with E-state index in [4.69, 9.17) is 0 Å². The molecule has 2 nitrogen and oxygen atoms in total. The van der Waals surface area contributed by atoms with E-state index in [0.717, 1.165) is 0 Å². The van der Waals surface area contributed by atoms with Gasteiger partial charge in [-0.05, 0) is 39.2 Å². The quantitative estimate of drug-likeness (QED) is 0.582. The summed E-state index contributed by atoms with van der Waals surface area (Å²) in [6.45, 7) is 6.67. The number of hydrogen-bond acceptors (Lipinski definition) is 2. The molecule has 2 fully saturated rings. The van der Waals surface area contributed by atoms with E-state index in [1.807, 2.05) is 0 Å². The van der Waals surface area contributed by atoms with Crippen molar-refractivity contribution in [2.75, 3.05) is 27.2 Å². The minimum absolute atomic E-state index is 0.460. The van der Waals surface area contributed by atoms with Gasteiger partial charge in [-0.3, -0.25) is 0 Å². The van der Waals surface area contributed by atoms with Crippen molar-refractivity contribution in [1.29, 1.82) is 0 Å². The Hall–Kier alpha value is -0.500. The van der Waals surface area contributed by atoms with E-state index in [0.29, 0.717) is 5.54 Å². The van der Waals surface area contributed by atoms with Crippen molar-refractivity contribution in [3.05, 3.63) is 12.3 Å². The van der Waals surface area contributed by atoms with Gasteiger partial charge in [0.25, 0.3) is 0 Å². The van der Waals surface area contributed by atoms with Crippen molar-refractivity contribution in [2.45, 2.75) is 37.6 Å². The molecule has 0 unspecified atom stereocenters. The van der Waals surface area contributed by atoms with Crippen LogP contribution in [0.2, 0.25) is 0 Å². The zero-order valence-electron chi connectivity index (χ0n) is 9.55. The van der Waals surface area contributed by atoms with Crippen LogP contribution in [0.15, 0.2) is 12.3 Å². The molecule has 0 saturated carbocycles. The fourth-order valence-corrected chi connectivity index (χ4v) is 2.91. The molecule has 2 heterocycles. The summed E-state index contributed by atoms with van der Waals surface area (Å²) in [5.41, 5.74) is 1.81. The molecule has 2 aliphatic heterocycles. The van der Waals surface area contributed by atoms with Crippen LogP contribution in [0.25, 0.3) is 0 Å². The normalized spacial score (nSPS) is 28.4. The van der Waals surface area contributed by atoms with Crippen LogP contribution in [0.1, 0.15) is 32.1 Å². The number of nitrogens with zero attached hydrogens (tertiary/aromatic N) is 2. The summed E-state index contributed by atoms with van der Waals surface area (Å²) < 4.78 is 0. The second kappa shape index (κ2) is 3.58. The molecule has 2 saturated heterocycles. The zero-order chi connectivity index (χ0) is 10.2. The maximum atomic E-state index is 4.18. The van der Waals surface area contributed by atoms with Gasteiger partial charge in [-0.2, -0.15) is 0 Å². The van der Waals surface area contributed by atoms with Gasteiger partial charge in [0, 0.05) is 31.4 Å². The minimum Gasteiger partial charge on any atom is -0.373 e. The standard InChI is InChI=1S/C12H22N2/c1-11-5-4-6-12(14(11)3)7-9-13(2)10-8-12/h1,4-10H2,2-3H3. The highest BCUT2D eigenvalue weighted by Crippen LogP contribution is 2.39. The van der Waals surface area contributed by atoms with Crippen molar-refractivity contribution >= 4 is 0 Å². The van der Waals surface area contributed by atoms with Crippen LogP contribution in [0.4, 0.5) is 0 Å². The van der Waals surface area contributed by atoms with Crippen LogP contribution >= 0.6 is 0 Å². The molecule has 2 rings (SSSR count). The summed E-state index contributed by atoms with van der Waals surface area (Å²) in [5.74, 6) is 0. The Morgan fingerprint density at radius 2 is 1.79 bits per heavy atom. The highest BCUT2D eigenvalue weighted by molar-refractivity contribution is 5.08. The van der Waals surface area contributed by atoms with Crippen molar-refractivity contribution in [2.24, 2.45) is 0 Å². The number of likely N-dealkylation sites (tertiary alicyclic amines) is 2. The average molecular weight is 194 g/mol. The first kappa shape index (κ1) is 10.0. The zero-order valence-corrected chi connectivity index (χ0v) is 9.55. The summed E-state index contributed by atoms with van der Waals surface area (Å²) >= 11 is 0. The first-order valence-corrected chi connectivity index (χ1v) is 5.74. The van der Waals surface area contributed by atoms with Crippen molar-refractivity contribution in [3.8, 4) is 0 Å². The first-order chi connectivity index (χ1) is 6.64. The maximum absolute atomic E-state index is 4.18. The SMILES string of the molecule is C=C1CCCC2(CCN(C)CC2)N1C. The van der Waals surface area contributed by atoms with E-state index in [1.54, 1.807) is 0 Å². The van der Waals surface area contributed by atoms with Crippen LogP contribution in [-0.4, -0.2) is 42.5 Å². The van der Waals surface area contributed by atoms with Gasteiger partial charge in [-0.15, -0.1) is 0 Å². The molecule has 0 aromatic carbocycles. The third kappa shape index (κ3) is 1.56. The molecule has 80 valence electrons. The van der Waals surface area contributed by atoms with E-state index in [-0.39, 0.29) is 0 Å². The number of hydrogen-bond donors (Lipinski definition) is 0. The molecule has 2 heteroatoms. The maximum Gasteiger partial charge on any atom is 0.0420 e. The first-order valence-electron chi connectivity index (χ1n) is 5.74. The van der Waals surface area contributed by atoms with Gasteiger partial charge in [0.15, 0.2) is 0 Å². The molecule has 1 spiro atoms. The molecule has 0 aliphatic carbocycles. The Balaban J connectivity index is 2.10. The predicted molar refractivity (Wildman–Crippen MR) is 60.2 cm³/mol. The van der Waals surface area contributed by atoms with Crippen LogP contribution in [0.3, 0.4) is 0 Å². The summed E-state index contributed by atoms with van der Waals surface area (Å²) in [6, 6.07) is 0. The third-order valence-corrected chi connectivity index (χ3v) is 4.21. The van der Waals surface area contributed by atoms with Gasteiger partial charge in [0.2, 0.25) is 0 Å². The topological polar surface area (TPSA) is 6.48 Å². The van der Waals surface area contributed by atoms with Crippen LogP contribution in [0.5, 0.6) is 0 Å². The number of rotatable bonds is 0. The summed E-state index contributed by atoms with van der Waals surface area (Å²) in [5, 5.41) is 0. The predicted octanol–water partition coefficient (Wildman–Crippen LogP) is 2.08. The molecular weight excluding hydrogens is 172 g/mol. The highest BCUT2D eigenvalue weighted by atomic mass is 15.2. The molecule has 2 aliphatic rings. The smallest absolute Gasteiger partial charge is 0.0420 e. The van der Waals surface area contributed by atoms with Crippen molar-refractivity contribution in [3.63, 3.8) is 0 Å². The summed E-state index contributed by atoms with van der Waals surface area (Å²) in [4.78, 5) is 4.92. The fourth-order valence-electron chi connectivity index (χ4n) is 2.91. The van der Waals surface area contributed by atoms with Crippen molar-refractivity contribution < 1.29 is 0 Å². The van der Waals surface area contributed by atoms with E-state index in [9.17, 15) is 0 Å². The Bertz CT molecular complexity index is 226. The Morgan fingerprint density at radius 1 is 1.14 bits per heavy atom. The molecule has 0 atom stereocenters. The Kier molecular flexibility index (Phi) is 2.56. The van der Waals surface area contributed by atoms with E-state index < -0.39 is 0 Å². The number of allylic oxidation sites excluding steroid dienone is 1. The van der Waals surface area contributed by atoms with Crippen LogP contribution < -0.4 is 0 Å². The van der Waals surface area contributed by atoms with Gasteiger partial charge in [-0.1, -0.05) is 6.58 Å². The van der Waals surface area contributed by atoms with Gasteiger partial charge in [0.05, 0.1) is 0 Å². The van der Waals surface area contributed by atoms with Gasteiger partial charge in [-0.25, -0.2) is 0 Å². The molecule has 0 amide bonds. The van der Waals surface area contributed by atoms with Gasteiger partial charge < -0.3 is 9.80 Å². The lowest BCUT2D eigenvalue weighted by atomic mass is 9.78. The van der Waals surface area contributed by atoms with E-state index in [1.165, 1.54) is 50.9 Å². The molecule has 0 aromatic rings. The van der Waals surface area contributed by atoms with Crippen LogP contribution in [-0.2, 0) is 0 Å². The van der Waals surface area contributed by atoms with Crippen molar-refractivity contribution in [1.82, 2.24) is 9.80 Å². The fraction of sp³-hybridized carbons (Fsp3) is 0.833. The average Bonchev–Trinajstić information content (AvgIpc) is 2.19. The van der Waals surface area contributed by atoms with E-state index in [2.05, 4.69) is 30.5 Å². The number of piperidine rings is 2. The lowest BCUT2D eigenvalue weighted by molar-refractivity contribution is 0.0440. The molecular formula is C12H22N2. The summed E-state index contributed by atoms with van der Waals surface area (Å²) in [6.07, 6.45) is 6.55. The highest BCUT2D eigenvalue weighted by Gasteiger charge is 2.39. The van der Waals surface area contributed by atoms with Gasteiger partial charge >= 0.3 is 0 Å². The lowest BCUT2D eigenvalue weighted by Crippen LogP contribution is -2.54. The minimum atomic E-state index is 0.460. The molecule has 0 radical (unpaired) electrons. The van der Waals surface area contributed by atoms with E-state index >= 15 is 0 Å². The lowest BCUT2D eigenvalue weighted by Gasteiger charge is -2.51. The second-order valence-corrected chi connectivity index (χ2v) is 5.01.